The van der Waals surface area contributed by atoms with Gasteiger partial charge in [-0.2, -0.15) is 0 Å². The Morgan fingerprint density at radius 2 is 1.79 bits per heavy atom. The molecule has 0 unspecified atom stereocenters. The molecule has 2 aromatic rings. The van der Waals surface area contributed by atoms with Crippen LogP contribution in [-0.2, 0) is 11.2 Å². The van der Waals surface area contributed by atoms with Crippen LogP contribution >= 0.6 is 0 Å². The molecule has 24 heavy (non-hydrogen) atoms. The molecule has 3 rings (SSSR count). The van der Waals surface area contributed by atoms with Crippen LogP contribution in [0.3, 0.4) is 0 Å². The minimum Gasteiger partial charge on any atom is -0.369 e. The Labute approximate surface area is 142 Å². The molecule has 1 N–H and O–H groups in total. The second-order valence-corrected chi connectivity index (χ2v) is 6.25. The molecule has 0 aliphatic carbocycles. The fraction of sp³-hybridized carbons (Fsp3) is 0.350. The third kappa shape index (κ3) is 3.75. The van der Waals surface area contributed by atoms with Crippen molar-refractivity contribution in [3.8, 4) is 0 Å². The number of nitrogens with one attached hydrogen (secondary N) is 1. The van der Waals surface area contributed by atoms with Gasteiger partial charge in [-0.15, -0.1) is 0 Å². The highest BCUT2D eigenvalue weighted by atomic mass is 19.1. The molecule has 1 amide bonds. The van der Waals surface area contributed by atoms with Crippen molar-refractivity contribution >= 4 is 17.3 Å². The maximum absolute atomic E-state index is 13.9. The average molecular weight is 326 g/mol. The Morgan fingerprint density at radius 1 is 1.12 bits per heavy atom. The molecule has 2 aromatic carbocycles. The molecule has 1 aliphatic heterocycles. The van der Waals surface area contributed by atoms with Gasteiger partial charge in [-0.3, -0.25) is 4.79 Å². The van der Waals surface area contributed by atoms with E-state index < -0.39 is 0 Å². The van der Waals surface area contributed by atoms with Crippen molar-refractivity contribution < 1.29 is 9.18 Å². The quantitative estimate of drug-likeness (QED) is 0.911. The van der Waals surface area contributed by atoms with E-state index in [0.29, 0.717) is 18.8 Å². The SMILES string of the molecule is CCc1ccc(NC(=O)C2CCN(c3ccccc3F)CC2)cc1. The lowest BCUT2D eigenvalue weighted by atomic mass is 9.95. The van der Waals surface area contributed by atoms with Crippen molar-refractivity contribution in [2.45, 2.75) is 26.2 Å². The van der Waals surface area contributed by atoms with Crippen molar-refractivity contribution in [1.29, 1.82) is 0 Å². The molecule has 0 radical (unpaired) electrons. The van der Waals surface area contributed by atoms with E-state index in [-0.39, 0.29) is 17.6 Å². The Hall–Kier alpha value is -2.36. The summed E-state index contributed by atoms with van der Waals surface area (Å²) in [6.07, 6.45) is 2.48. The molecule has 0 bridgehead atoms. The zero-order valence-electron chi connectivity index (χ0n) is 14.0. The van der Waals surface area contributed by atoms with Crippen LogP contribution in [0.4, 0.5) is 15.8 Å². The van der Waals surface area contributed by atoms with Gasteiger partial charge in [0.25, 0.3) is 0 Å². The van der Waals surface area contributed by atoms with E-state index in [1.54, 1.807) is 12.1 Å². The van der Waals surface area contributed by atoms with E-state index in [2.05, 4.69) is 12.2 Å². The van der Waals surface area contributed by atoms with Gasteiger partial charge >= 0.3 is 0 Å². The van der Waals surface area contributed by atoms with Gasteiger partial charge < -0.3 is 10.2 Å². The van der Waals surface area contributed by atoms with Crippen molar-refractivity contribution in [1.82, 2.24) is 0 Å². The molecule has 0 atom stereocenters. The van der Waals surface area contributed by atoms with Crippen LogP contribution in [0.25, 0.3) is 0 Å². The molecule has 1 saturated heterocycles. The number of amides is 1. The van der Waals surface area contributed by atoms with Crippen molar-refractivity contribution in [2.75, 3.05) is 23.3 Å². The fourth-order valence-corrected chi connectivity index (χ4v) is 3.16. The molecule has 1 fully saturated rings. The first-order chi connectivity index (χ1) is 11.7. The predicted octanol–water partition coefficient (Wildman–Crippen LogP) is 4.24. The second kappa shape index (κ2) is 7.47. The van der Waals surface area contributed by atoms with Gasteiger partial charge in [-0.05, 0) is 49.1 Å². The van der Waals surface area contributed by atoms with Crippen molar-refractivity contribution in [2.24, 2.45) is 5.92 Å². The monoisotopic (exact) mass is 326 g/mol. The number of anilines is 2. The Bertz CT molecular complexity index is 691. The number of carbonyl (C=O) groups is 1. The lowest BCUT2D eigenvalue weighted by Crippen LogP contribution is -2.38. The first-order valence-corrected chi connectivity index (χ1v) is 8.56. The third-order valence-electron chi connectivity index (χ3n) is 4.69. The normalized spacial score (nSPS) is 15.3. The van der Waals surface area contributed by atoms with Crippen LogP contribution in [0.2, 0.25) is 0 Å². The maximum atomic E-state index is 13.9. The van der Waals surface area contributed by atoms with E-state index >= 15 is 0 Å². The van der Waals surface area contributed by atoms with Gasteiger partial charge in [-0.25, -0.2) is 4.39 Å². The zero-order chi connectivity index (χ0) is 16.9. The first kappa shape index (κ1) is 16.5. The summed E-state index contributed by atoms with van der Waals surface area (Å²) in [5, 5.41) is 3.00. The van der Waals surface area contributed by atoms with Crippen LogP contribution in [0.15, 0.2) is 48.5 Å². The van der Waals surface area contributed by atoms with E-state index in [0.717, 1.165) is 24.9 Å². The number of nitrogens with zero attached hydrogens (tertiary/aromatic N) is 1. The molecular formula is C20H23FN2O. The minimum atomic E-state index is -0.198. The topological polar surface area (TPSA) is 32.3 Å². The number of aryl methyl sites for hydroxylation is 1. The number of halogens is 1. The molecule has 0 aromatic heterocycles. The van der Waals surface area contributed by atoms with Gasteiger partial charge in [0.05, 0.1) is 5.69 Å². The van der Waals surface area contributed by atoms with Crippen LogP contribution < -0.4 is 10.2 Å². The highest BCUT2D eigenvalue weighted by molar-refractivity contribution is 5.92. The molecule has 0 spiro atoms. The van der Waals surface area contributed by atoms with Crippen molar-refractivity contribution in [3.05, 3.63) is 59.9 Å². The maximum Gasteiger partial charge on any atom is 0.227 e. The van der Waals surface area contributed by atoms with Gasteiger partial charge in [0.15, 0.2) is 0 Å². The molecule has 1 aliphatic rings. The number of rotatable bonds is 4. The zero-order valence-corrected chi connectivity index (χ0v) is 14.0. The summed E-state index contributed by atoms with van der Waals surface area (Å²) in [4.78, 5) is 14.5. The Morgan fingerprint density at radius 3 is 2.42 bits per heavy atom. The average Bonchev–Trinajstić information content (AvgIpc) is 2.63. The van der Waals surface area contributed by atoms with Crippen LogP contribution in [-0.4, -0.2) is 19.0 Å². The van der Waals surface area contributed by atoms with Crippen molar-refractivity contribution in [3.63, 3.8) is 0 Å². The number of benzene rings is 2. The van der Waals surface area contributed by atoms with Gasteiger partial charge in [0.2, 0.25) is 5.91 Å². The largest absolute Gasteiger partial charge is 0.369 e. The van der Waals surface area contributed by atoms with E-state index in [1.807, 2.05) is 35.2 Å². The van der Waals surface area contributed by atoms with E-state index in [4.69, 9.17) is 0 Å². The highest BCUT2D eigenvalue weighted by Gasteiger charge is 2.26. The van der Waals surface area contributed by atoms with Crippen LogP contribution in [0.5, 0.6) is 0 Å². The summed E-state index contributed by atoms with van der Waals surface area (Å²) < 4.78 is 13.9. The molecule has 126 valence electrons. The smallest absolute Gasteiger partial charge is 0.227 e. The standard InChI is InChI=1S/C20H23FN2O/c1-2-15-7-9-17(10-8-15)22-20(24)16-11-13-23(14-12-16)19-6-4-3-5-18(19)21/h3-10,16H,2,11-14H2,1H3,(H,22,24). The Kier molecular flexibility index (Phi) is 5.14. The highest BCUT2D eigenvalue weighted by Crippen LogP contribution is 2.26. The van der Waals surface area contributed by atoms with Crippen LogP contribution in [0, 0.1) is 11.7 Å². The van der Waals surface area contributed by atoms with Crippen LogP contribution in [0.1, 0.15) is 25.3 Å². The number of hydrogen-bond donors (Lipinski definition) is 1. The molecular weight excluding hydrogens is 303 g/mol. The van der Waals surface area contributed by atoms with Gasteiger partial charge in [0.1, 0.15) is 5.82 Å². The number of piperidine rings is 1. The fourth-order valence-electron chi connectivity index (χ4n) is 3.16. The van der Waals surface area contributed by atoms with Gasteiger partial charge in [-0.1, -0.05) is 31.2 Å². The summed E-state index contributed by atoms with van der Waals surface area (Å²) in [7, 11) is 0. The van der Waals surface area contributed by atoms with Gasteiger partial charge in [0, 0.05) is 24.7 Å². The number of carbonyl (C=O) groups excluding carboxylic acids is 1. The minimum absolute atomic E-state index is 0.0149. The lowest BCUT2D eigenvalue weighted by molar-refractivity contribution is -0.120. The van der Waals surface area contributed by atoms with E-state index in [1.165, 1.54) is 11.6 Å². The number of hydrogen-bond acceptors (Lipinski definition) is 2. The summed E-state index contributed by atoms with van der Waals surface area (Å²) in [5.74, 6) is -0.150. The lowest BCUT2D eigenvalue weighted by Gasteiger charge is -2.33. The molecule has 1 heterocycles. The number of para-hydroxylation sites is 1. The first-order valence-electron chi connectivity index (χ1n) is 8.56. The predicted molar refractivity (Wildman–Crippen MR) is 95.8 cm³/mol. The molecule has 0 saturated carbocycles. The summed E-state index contributed by atoms with van der Waals surface area (Å²) >= 11 is 0. The third-order valence-corrected chi connectivity index (χ3v) is 4.69. The Balaban J connectivity index is 1.56. The van der Waals surface area contributed by atoms with E-state index in [9.17, 15) is 9.18 Å². The summed E-state index contributed by atoms with van der Waals surface area (Å²) in [6, 6.07) is 14.8. The second-order valence-electron chi connectivity index (χ2n) is 6.25. The molecule has 3 nitrogen and oxygen atoms in total. The molecule has 4 heteroatoms. The summed E-state index contributed by atoms with van der Waals surface area (Å²) in [5.41, 5.74) is 2.73. The summed E-state index contributed by atoms with van der Waals surface area (Å²) in [6.45, 7) is 3.51.